The van der Waals surface area contributed by atoms with E-state index in [-0.39, 0.29) is 57.8 Å². The van der Waals surface area contributed by atoms with Crippen LogP contribution >= 0.6 is 7.60 Å². The lowest BCUT2D eigenvalue weighted by Gasteiger charge is -2.29. The van der Waals surface area contributed by atoms with Gasteiger partial charge < -0.3 is 35.4 Å². The fraction of sp³-hybridized carbons (Fsp3) is 0.400. The number of hydrogen-bond acceptors (Lipinski definition) is 8. The molecule has 0 atom stereocenters. The van der Waals surface area contributed by atoms with Crippen molar-refractivity contribution in [1.82, 2.24) is 20.2 Å². The van der Waals surface area contributed by atoms with Crippen LogP contribution in [0, 0.1) is 5.92 Å². The Bertz CT molecular complexity index is 1710. The number of nitrogens with zero attached hydrogens (tertiary/aromatic N) is 3. The molecule has 0 spiro atoms. The van der Waals surface area contributed by atoms with E-state index in [1.54, 1.807) is 20.2 Å². The Balaban J connectivity index is 1.47. The third-order valence-corrected chi connectivity index (χ3v) is 9.11. The molecule has 3 aromatic rings. The predicted molar refractivity (Wildman–Crippen MR) is 163 cm³/mol. The van der Waals surface area contributed by atoms with Crippen molar-refractivity contribution in [2.24, 2.45) is 5.92 Å². The van der Waals surface area contributed by atoms with Crippen molar-refractivity contribution in [1.29, 1.82) is 0 Å². The molecule has 5 N–H and O–H groups in total. The summed E-state index contributed by atoms with van der Waals surface area (Å²) in [5, 5.41) is 8.25. The monoisotopic (exact) mass is 662 g/mol. The van der Waals surface area contributed by atoms with Gasteiger partial charge in [-0.3, -0.25) is 14.2 Å². The molecule has 0 unspecified atom stereocenters. The molecule has 5 rings (SSSR count). The minimum Gasteiger partial charge on any atom is -0.495 e. The van der Waals surface area contributed by atoms with E-state index in [2.05, 4.69) is 25.9 Å². The molecule has 1 fully saturated rings. The number of hydrogen-bond donors (Lipinski definition) is 5. The lowest BCUT2D eigenvalue weighted by Crippen LogP contribution is -2.30. The number of carbonyl (C=O) groups excluding carboxylic acids is 2. The van der Waals surface area contributed by atoms with Crippen molar-refractivity contribution in [2.75, 3.05) is 31.8 Å². The molecular weight excluding hydrogens is 628 g/mol. The van der Waals surface area contributed by atoms with Gasteiger partial charge in [0.15, 0.2) is 0 Å². The highest BCUT2D eigenvalue weighted by molar-refractivity contribution is 7.50. The minimum atomic E-state index is -4.82. The molecule has 12 nitrogen and oxygen atoms in total. The van der Waals surface area contributed by atoms with Gasteiger partial charge in [-0.2, -0.15) is 18.2 Å². The number of ether oxygens (including phenoxy) is 1. The van der Waals surface area contributed by atoms with E-state index in [4.69, 9.17) is 4.74 Å². The fourth-order valence-corrected chi connectivity index (χ4v) is 6.78. The third kappa shape index (κ3) is 7.11. The Hall–Kier alpha value is -4.20. The van der Waals surface area contributed by atoms with Gasteiger partial charge in [-0.1, -0.05) is 12.1 Å². The van der Waals surface area contributed by atoms with Crippen LogP contribution in [-0.4, -0.2) is 57.7 Å². The van der Waals surface area contributed by atoms with Gasteiger partial charge in [0, 0.05) is 32.8 Å². The molecule has 0 radical (unpaired) electrons. The molecule has 0 saturated heterocycles. The summed E-state index contributed by atoms with van der Waals surface area (Å²) < 4.78 is 59.1. The largest absolute Gasteiger partial charge is 0.495 e. The zero-order valence-electron chi connectivity index (χ0n) is 25.3. The molecule has 46 heavy (non-hydrogen) atoms. The molecule has 16 heteroatoms. The van der Waals surface area contributed by atoms with E-state index >= 15 is 0 Å². The van der Waals surface area contributed by atoms with Crippen LogP contribution in [0.5, 0.6) is 5.75 Å². The number of aromatic nitrogens is 2. The molecule has 246 valence electrons. The molecule has 0 bridgehead atoms. The Morgan fingerprint density at radius 3 is 2.43 bits per heavy atom. The van der Waals surface area contributed by atoms with Crippen LogP contribution in [0.1, 0.15) is 64.2 Å². The molecule has 1 aliphatic carbocycles. The maximum atomic E-state index is 14.1. The molecule has 2 aliphatic rings. The van der Waals surface area contributed by atoms with Crippen molar-refractivity contribution >= 4 is 42.6 Å². The van der Waals surface area contributed by atoms with Crippen LogP contribution in [0.3, 0.4) is 0 Å². The highest BCUT2D eigenvalue weighted by atomic mass is 31.2. The molecule has 1 aliphatic heterocycles. The number of halogens is 3. The lowest BCUT2D eigenvalue weighted by molar-refractivity contribution is -0.137. The van der Waals surface area contributed by atoms with Crippen molar-refractivity contribution < 1.29 is 41.8 Å². The first-order chi connectivity index (χ1) is 21.7. The van der Waals surface area contributed by atoms with Crippen molar-refractivity contribution in [3.05, 3.63) is 64.3 Å². The Morgan fingerprint density at radius 1 is 1.11 bits per heavy atom. The van der Waals surface area contributed by atoms with Crippen LogP contribution < -0.4 is 20.7 Å². The topological polar surface area (TPSA) is 166 Å². The average molecular weight is 663 g/mol. The second-order valence-electron chi connectivity index (χ2n) is 11.4. The summed E-state index contributed by atoms with van der Waals surface area (Å²) in [4.78, 5) is 53.4. The molecule has 2 amide bonds. The number of nitrogens with one attached hydrogen (secondary N) is 3. The summed E-state index contributed by atoms with van der Waals surface area (Å²) in [5.74, 6) is -0.931. The van der Waals surface area contributed by atoms with E-state index in [1.165, 1.54) is 30.2 Å². The summed E-state index contributed by atoms with van der Waals surface area (Å²) in [6.45, 7) is 0.301. The number of benzene rings is 2. The van der Waals surface area contributed by atoms with Gasteiger partial charge >= 0.3 is 13.8 Å². The first-order valence-electron chi connectivity index (χ1n) is 14.5. The number of alkyl halides is 3. The van der Waals surface area contributed by atoms with Crippen LogP contribution in [0.2, 0.25) is 0 Å². The number of methoxy groups -OCH3 is 1. The fourth-order valence-electron chi connectivity index (χ4n) is 6.10. The van der Waals surface area contributed by atoms with Gasteiger partial charge in [-0.15, -0.1) is 0 Å². The van der Waals surface area contributed by atoms with Crippen molar-refractivity contribution in [3.8, 4) is 5.75 Å². The summed E-state index contributed by atoms with van der Waals surface area (Å²) >= 11 is 0. The first-order valence-corrected chi connectivity index (χ1v) is 16.3. The summed E-state index contributed by atoms with van der Waals surface area (Å²) in [5.41, 5.74) is 1.52. The average Bonchev–Trinajstić information content (AvgIpc) is 3.30. The predicted octanol–water partition coefficient (Wildman–Crippen LogP) is 5.27. The van der Waals surface area contributed by atoms with Crippen LogP contribution in [0.4, 0.5) is 36.3 Å². The van der Waals surface area contributed by atoms with Crippen LogP contribution in [-0.2, 0) is 28.2 Å². The van der Waals surface area contributed by atoms with Gasteiger partial charge in [0.05, 0.1) is 30.2 Å². The summed E-state index contributed by atoms with van der Waals surface area (Å²) in [6, 6.07) is 7.69. The number of amides is 2. The SMILES string of the molecule is CNC(=O)C1CCC(c2ccc(Nc3nc(Nc4ccc(CP(=O)(O)O)cc4OC)ncc3C(F)(F)F)c3c2CN(C)C3=O)CC1. The summed E-state index contributed by atoms with van der Waals surface area (Å²) in [7, 11) is 0.219. The Kier molecular flexibility index (Phi) is 9.30. The second kappa shape index (κ2) is 12.9. The van der Waals surface area contributed by atoms with Crippen molar-refractivity contribution in [3.63, 3.8) is 0 Å². The van der Waals surface area contributed by atoms with Gasteiger partial charge in [-0.25, -0.2) is 4.98 Å². The van der Waals surface area contributed by atoms with Gasteiger partial charge in [0.2, 0.25) is 11.9 Å². The van der Waals surface area contributed by atoms with Crippen LogP contribution in [0.25, 0.3) is 0 Å². The van der Waals surface area contributed by atoms with Crippen LogP contribution in [0.15, 0.2) is 36.5 Å². The van der Waals surface area contributed by atoms with Gasteiger partial charge in [-0.05, 0) is 66.5 Å². The normalized spacial score (nSPS) is 18.3. The maximum Gasteiger partial charge on any atom is 0.421 e. The Labute approximate surface area is 262 Å². The molecule has 1 aromatic heterocycles. The van der Waals surface area contributed by atoms with Gasteiger partial charge in [0.25, 0.3) is 5.91 Å². The van der Waals surface area contributed by atoms with Crippen molar-refractivity contribution in [2.45, 2.75) is 50.5 Å². The smallest absolute Gasteiger partial charge is 0.421 e. The molecule has 1 saturated carbocycles. The lowest BCUT2D eigenvalue weighted by atomic mass is 9.76. The van der Waals surface area contributed by atoms with Gasteiger partial charge in [0.1, 0.15) is 17.1 Å². The first kappa shape index (κ1) is 33.2. The van der Waals surface area contributed by atoms with E-state index in [0.717, 1.165) is 24.0 Å². The zero-order valence-corrected chi connectivity index (χ0v) is 26.2. The second-order valence-corrected chi connectivity index (χ2v) is 13.1. The molecule has 2 aromatic carbocycles. The highest BCUT2D eigenvalue weighted by Crippen LogP contribution is 2.44. The Morgan fingerprint density at radius 2 is 1.80 bits per heavy atom. The highest BCUT2D eigenvalue weighted by Gasteiger charge is 2.38. The summed E-state index contributed by atoms with van der Waals surface area (Å²) in [6.07, 6.45) is -1.83. The molecule has 2 heterocycles. The number of fused-ring (bicyclic) bond motifs is 1. The standard InChI is InChI=1S/C30H34F3N6O6P/c1-34-27(40)18-7-5-17(6-8-18)19-9-11-23(25-20(19)14-39(2)28(25)41)36-26-21(30(31,32)33)13-35-29(38-26)37-22-10-4-16(12-24(22)45-3)15-46(42,43)44/h4,9-13,17-18H,5-8,14-15H2,1-3H3,(H,34,40)(H2,42,43,44)(H2,35,36,37,38). The maximum absolute atomic E-state index is 14.1. The third-order valence-electron chi connectivity index (χ3n) is 8.34. The zero-order chi connectivity index (χ0) is 33.4. The van der Waals surface area contributed by atoms with E-state index in [9.17, 15) is 37.1 Å². The minimum absolute atomic E-state index is 0.00711. The number of anilines is 4. The van der Waals surface area contributed by atoms with E-state index in [1.807, 2.05) is 6.07 Å². The number of carbonyl (C=O) groups is 2. The van der Waals surface area contributed by atoms with E-state index < -0.39 is 31.3 Å². The van der Waals surface area contributed by atoms with E-state index in [0.29, 0.717) is 25.6 Å². The number of rotatable bonds is 9. The quantitative estimate of drug-likeness (QED) is 0.191. The molecular formula is C30H34F3N6O6P.